The fourth-order valence-corrected chi connectivity index (χ4v) is 8.58. The highest BCUT2D eigenvalue weighted by molar-refractivity contribution is 6.27. The Morgan fingerprint density at radius 1 is 0.283 bits per heavy atom. The minimum Gasteiger partial charge on any atom is -0.455 e. The second kappa shape index (κ2) is 11.8. The number of hydrogen-bond acceptors (Lipinski definition) is 1. The molecule has 0 aliphatic carbocycles. The Kier molecular flexibility index (Phi) is 6.62. The second-order valence-electron chi connectivity index (χ2n) is 14.0. The highest BCUT2D eigenvalue weighted by Crippen LogP contribution is 2.49. The molecule has 1 heteroatoms. The van der Waals surface area contributed by atoms with Gasteiger partial charge in [-0.25, -0.2) is 0 Å². The molecular formula is C52H32O. The Balaban J connectivity index is 1.23. The summed E-state index contributed by atoms with van der Waals surface area (Å²) in [6.45, 7) is 0. The quantitative estimate of drug-likeness (QED) is 0.170. The van der Waals surface area contributed by atoms with Gasteiger partial charge in [0.2, 0.25) is 0 Å². The molecule has 1 nitrogen and oxygen atoms in total. The van der Waals surface area contributed by atoms with Gasteiger partial charge in [-0.05, 0) is 113 Å². The van der Waals surface area contributed by atoms with Crippen LogP contribution in [-0.4, -0.2) is 0 Å². The van der Waals surface area contributed by atoms with Crippen LogP contribution in [0.5, 0.6) is 0 Å². The van der Waals surface area contributed by atoms with Crippen molar-refractivity contribution in [1.82, 2.24) is 0 Å². The molecule has 0 aliphatic heterocycles. The lowest BCUT2D eigenvalue weighted by atomic mass is 9.83. The maximum Gasteiger partial charge on any atom is 0.143 e. The van der Waals surface area contributed by atoms with Gasteiger partial charge in [-0.1, -0.05) is 164 Å². The third-order valence-corrected chi connectivity index (χ3v) is 11.0. The van der Waals surface area contributed by atoms with E-state index in [-0.39, 0.29) is 0 Å². The van der Waals surface area contributed by atoms with Crippen LogP contribution in [0.3, 0.4) is 0 Å². The summed E-state index contributed by atoms with van der Waals surface area (Å²) < 4.78 is 6.89. The maximum absolute atomic E-state index is 6.89. The Hall–Kier alpha value is -6.96. The molecule has 0 aliphatic rings. The Bertz CT molecular complexity index is 3160. The molecule has 246 valence electrons. The summed E-state index contributed by atoms with van der Waals surface area (Å²) >= 11 is 0. The highest BCUT2D eigenvalue weighted by atomic mass is 16.3. The molecule has 53 heavy (non-hydrogen) atoms. The summed E-state index contributed by atoms with van der Waals surface area (Å²) in [5.74, 6) is 0. The van der Waals surface area contributed by atoms with Crippen molar-refractivity contribution >= 4 is 65.0 Å². The van der Waals surface area contributed by atoms with Gasteiger partial charge >= 0.3 is 0 Å². The molecule has 10 aromatic carbocycles. The van der Waals surface area contributed by atoms with Crippen molar-refractivity contribution in [3.8, 4) is 44.5 Å². The first-order valence-corrected chi connectivity index (χ1v) is 18.3. The largest absolute Gasteiger partial charge is 0.455 e. The van der Waals surface area contributed by atoms with Crippen molar-refractivity contribution in [2.24, 2.45) is 0 Å². The fraction of sp³-hybridized carbons (Fsp3) is 0. The van der Waals surface area contributed by atoms with Gasteiger partial charge in [-0.15, -0.1) is 0 Å². The average Bonchev–Trinajstić information content (AvgIpc) is 3.62. The van der Waals surface area contributed by atoms with E-state index in [2.05, 4.69) is 194 Å². The number of furan rings is 1. The monoisotopic (exact) mass is 672 g/mol. The van der Waals surface area contributed by atoms with E-state index >= 15 is 0 Å². The van der Waals surface area contributed by atoms with E-state index in [1.54, 1.807) is 0 Å². The van der Waals surface area contributed by atoms with Crippen molar-refractivity contribution in [3.05, 3.63) is 194 Å². The zero-order chi connectivity index (χ0) is 34.9. The van der Waals surface area contributed by atoms with Gasteiger partial charge in [-0.3, -0.25) is 0 Å². The van der Waals surface area contributed by atoms with Crippen molar-refractivity contribution in [3.63, 3.8) is 0 Å². The van der Waals surface area contributed by atoms with Crippen LogP contribution in [0.25, 0.3) is 110 Å². The van der Waals surface area contributed by atoms with Crippen LogP contribution in [0.2, 0.25) is 0 Å². The molecule has 11 rings (SSSR count). The summed E-state index contributed by atoms with van der Waals surface area (Å²) in [6.07, 6.45) is 0. The molecule has 1 heterocycles. The van der Waals surface area contributed by atoms with Gasteiger partial charge in [0, 0.05) is 16.2 Å². The summed E-state index contributed by atoms with van der Waals surface area (Å²) in [7, 11) is 0. The van der Waals surface area contributed by atoms with Crippen LogP contribution in [0.1, 0.15) is 0 Å². The first-order valence-electron chi connectivity index (χ1n) is 18.3. The summed E-state index contributed by atoms with van der Waals surface area (Å²) in [4.78, 5) is 0. The average molecular weight is 673 g/mol. The van der Waals surface area contributed by atoms with Crippen molar-refractivity contribution in [2.45, 2.75) is 0 Å². The SMILES string of the molecule is c1ccc(-c2cc(-c3c4ccccc4c(-c4cccc(-c5ccc6ccccc6c5)c4)c4ccccc34)c3c(c2)oc2c4ccccc4ccc23)cc1. The van der Waals surface area contributed by atoms with Gasteiger partial charge in [0.25, 0.3) is 0 Å². The van der Waals surface area contributed by atoms with Crippen molar-refractivity contribution in [2.75, 3.05) is 0 Å². The normalized spacial score (nSPS) is 11.8. The van der Waals surface area contributed by atoms with E-state index < -0.39 is 0 Å². The van der Waals surface area contributed by atoms with Gasteiger partial charge in [-0.2, -0.15) is 0 Å². The van der Waals surface area contributed by atoms with Crippen LogP contribution in [-0.2, 0) is 0 Å². The minimum atomic E-state index is 0.896. The zero-order valence-electron chi connectivity index (χ0n) is 28.9. The summed E-state index contributed by atoms with van der Waals surface area (Å²) in [5.41, 5.74) is 11.4. The lowest BCUT2D eigenvalue weighted by Crippen LogP contribution is -1.92. The number of fused-ring (bicyclic) bond motifs is 8. The molecule has 0 bridgehead atoms. The molecule has 0 saturated heterocycles. The Morgan fingerprint density at radius 2 is 0.849 bits per heavy atom. The van der Waals surface area contributed by atoms with Crippen LogP contribution in [0, 0.1) is 0 Å². The number of rotatable bonds is 4. The molecule has 0 N–H and O–H groups in total. The third-order valence-electron chi connectivity index (χ3n) is 11.0. The molecule has 0 saturated carbocycles. The molecule has 1 aromatic heterocycles. The van der Waals surface area contributed by atoms with E-state index in [9.17, 15) is 0 Å². The standard InChI is InChI=1S/C52H32O/c1-2-13-33(14-3-1)40-31-47(51-46-28-27-35-16-6-7-20-41(35)52(46)53-48(51)32-40)50-44-23-10-8-21-42(44)49(43-22-9-11-24-45(43)50)39-19-12-18-37(30-39)38-26-25-34-15-4-5-17-36(34)29-38/h1-32H. The fourth-order valence-electron chi connectivity index (χ4n) is 8.58. The van der Waals surface area contributed by atoms with E-state index in [1.165, 1.54) is 71.1 Å². The molecule has 0 amide bonds. The number of hydrogen-bond donors (Lipinski definition) is 0. The van der Waals surface area contributed by atoms with Crippen molar-refractivity contribution in [1.29, 1.82) is 0 Å². The second-order valence-corrected chi connectivity index (χ2v) is 14.0. The first kappa shape index (κ1) is 29.7. The molecule has 0 atom stereocenters. The molecule has 0 unspecified atom stereocenters. The van der Waals surface area contributed by atoms with Gasteiger partial charge in [0.15, 0.2) is 0 Å². The third kappa shape index (κ3) is 4.71. The van der Waals surface area contributed by atoms with E-state index in [0.29, 0.717) is 0 Å². The molecule has 0 fully saturated rings. The van der Waals surface area contributed by atoms with Crippen LogP contribution >= 0.6 is 0 Å². The topological polar surface area (TPSA) is 13.1 Å². The van der Waals surface area contributed by atoms with E-state index in [0.717, 1.165) is 38.5 Å². The predicted molar refractivity (Wildman–Crippen MR) is 225 cm³/mol. The molecule has 0 spiro atoms. The van der Waals surface area contributed by atoms with Crippen LogP contribution in [0.15, 0.2) is 199 Å². The summed E-state index contributed by atoms with van der Waals surface area (Å²) in [6, 6.07) is 70.5. The first-order chi connectivity index (χ1) is 26.3. The van der Waals surface area contributed by atoms with Gasteiger partial charge < -0.3 is 4.42 Å². The minimum absolute atomic E-state index is 0.896. The molecule has 11 aromatic rings. The predicted octanol–water partition coefficient (Wildman–Crippen LogP) is 14.9. The van der Waals surface area contributed by atoms with E-state index in [4.69, 9.17) is 4.42 Å². The molecule has 0 radical (unpaired) electrons. The smallest absolute Gasteiger partial charge is 0.143 e. The zero-order valence-corrected chi connectivity index (χ0v) is 28.9. The van der Waals surface area contributed by atoms with Gasteiger partial charge in [0.1, 0.15) is 11.2 Å². The summed E-state index contributed by atoms with van der Waals surface area (Å²) in [5, 5.41) is 12.0. The molecular weight excluding hydrogens is 641 g/mol. The lowest BCUT2D eigenvalue weighted by molar-refractivity contribution is 0.673. The van der Waals surface area contributed by atoms with E-state index in [1.807, 2.05) is 0 Å². The Morgan fingerprint density at radius 3 is 1.60 bits per heavy atom. The maximum atomic E-state index is 6.89. The lowest BCUT2D eigenvalue weighted by Gasteiger charge is -2.19. The van der Waals surface area contributed by atoms with Crippen molar-refractivity contribution < 1.29 is 4.42 Å². The van der Waals surface area contributed by atoms with Crippen LogP contribution < -0.4 is 0 Å². The number of benzene rings is 10. The highest BCUT2D eigenvalue weighted by Gasteiger charge is 2.22. The van der Waals surface area contributed by atoms with Crippen LogP contribution in [0.4, 0.5) is 0 Å². The Labute approximate surface area is 307 Å². The van der Waals surface area contributed by atoms with Gasteiger partial charge in [0.05, 0.1) is 0 Å².